The van der Waals surface area contributed by atoms with Gasteiger partial charge in [-0.15, -0.1) is 0 Å². The summed E-state index contributed by atoms with van der Waals surface area (Å²) in [5.74, 6) is 1.30. The summed E-state index contributed by atoms with van der Waals surface area (Å²) in [4.78, 5) is 9.33. The lowest BCUT2D eigenvalue weighted by molar-refractivity contribution is 0.750. The Labute approximate surface area is 159 Å². The van der Waals surface area contributed by atoms with E-state index in [4.69, 9.17) is 0 Å². The zero-order valence-corrected chi connectivity index (χ0v) is 15.0. The van der Waals surface area contributed by atoms with Crippen LogP contribution in [0.1, 0.15) is 31.2 Å². The summed E-state index contributed by atoms with van der Waals surface area (Å²) in [6.45, 7) is 0. The highest BCUT2D eigenvalue weighted by Crippen LogP contribution is 2.27. The van der Waals surface area contributed by atoms with Crippen molar-refractivity contribution in [1.29, 1.82) is 5.26 Å². The number of hydrogen-bond donors (Lipinski definition) is 2. The normalized spacial score (nSPS) is 13.9. The van der Waals surface area contributed by atoms with Crippen molar-refractivity contribution < 1.29 is 0 Å². The Balaban J connectivity index is 1.70. The third-order valence-corrected chi connectivity index (χ3v) is 4.80. The van der Waals surface area contributed by atoms with E-state index in [9.17, 15) is 5.26 Å². The Bertz CT molecular complexity index is 956. The first-order valence-electron chi connectivity index (χ1n) is 9.29. The molecule has 0 atom stereocenters. The Morgan fingerprint density at radius 2 is 1.67 bits per heavy atom. The summed E-state index contributed by atoms with van der Waals surface area (Å²) in [5, 5.41) is 16.1. The van der Waals surface area contributed by atoms with Gasteiger partial charge in [0.25, 0.3) is 0 Å². The van der Waals surface area contributed by atoms with Gasteiger partial charge in [-0.05, 0) is 25.0 Å². The van der Waals surface area contributed by atoms with Crippen molar-refractivity contribution in [3.63, 3.8) is 0 Å². The second kappa shape index (κ2) is 7.88. The number of nitriles is 1. The number of anilines is 3. The van der Waals surface area contributed by atoms with Gasteiger partial charge < -0.3 is 10.6 Å². The van der Waals surface area contributed by atoms with Crippen LogP contribution in [0.15, 0.2) is 60.7 Å². The third kappa shape index (κ3) is 4.06. The van der Waals surface area contributed by atoms with E-state index in [0.717, 1.165) is 17.1 Å². The Kier molecular flexibility index (Phi) is 4.97. The highest BCUT2D eigenvalue weighted by molar-refractivity contribution is 5.68. The minimum absolute atomic E-state index is 0.461. The van der Waals surface area contributed by atoms with E-state index >= 15 is 0 Å². The molecule has 1 aliphatic rings. The SMILES string of the molecule is N#Cc1ccccc1Nc1nc(NC2CCCC2)cc(-c2ccccc2)n1. The molecule has 27 heavy (non-hydrogen) atoms. The monoisotopic (exact) mass is 355 g/mol. The van der Waals surface area contributed by atoms with Crippen LogP contribution in [0.2, 0.25) is 0 Å². The summed E-state index contributed by atoms with van der Waals surface area (Å²) >= 11 is 0. The Hall–Kier alpha value is -3.39. The van der Waals surface area contributed by atoms with Crippen molar-refractivity contribution in [2.45, 2.75) is 31.7 Å². The average molecular weight is 355 g/mol. The number of hydrogen-bond acceptors (Lipinski definition) is 5. The second-order valence-corrected chi connectivity index (χ2v) is 6.74. The highest BCUT2D eigenvalue weighted by Gasteiger charge is 2.16. The number of benzene rings is 2. The molecule has 3 aromatic rings. The number of nitrogens with zero attached hydrogens (tertiary/aromatic N) is 3. The highest BCUT2D eigenvalue weighted by atomic mass is 15.2. The van der Waals surface area contributed by atoms with Gasteiger partial charge in [0.1, 0.15) is 11.9 Å². The fraction of sp³-hybridized carbons (Fsp3) is 0.227. The fourth-order valence-corrected chi connectivity index (χ4v) is 3.42. The van der Waals surface area contributed by atoms with Crippen LogP contribution in [0.5, 0.6) is 0 Å². The molecule has 0 unspecified atom stereocenters. The standard InChI is InChI=1S/C22H21N5/c23-15-17-10-4-7-13-19(17)25-22-26-20(16-8-2-1-3-9-16)14-21(27-22)24-18-11-5-6-12-18/h1-4,7-10,13-14,18H,5-6,11-12H2,(H2,24,25,26,27). The van der Waals surface area contributed by atoms with E-state index in [1.807, 2.05) is 54.6 Å². The summed E-state index contributed by atoms with van der Waals surface area (Å²) in [6, 6.07) is 22.1. The Morgan fingerprint density at radius 1 is 0.926 bits per heavy atom. The molecule has 0 bridgehead atoms. The molecule has 2 N–H and O–H groups in total. The molecule has 0 amide bonds. The topological polar surface area (TPSA) is 73.6 Å². The molecule has 1 aromatic heterocycles. The largest absolute Gasteiger partial charge is 0.367 e. The lowest BCUT2D eigenvalue weighted by Crippen LogP contribution is -2.16. The predicted molar refractivity (Wildman–Crippen MR) is 108 cm³/mol. The lowest BCUT2D eigenvalue weighted by atomic mass is 10.1. The zero-order chi connectivity index (χ0) is 18.5. The maximum absolute atomic E-state index is 9.33. The van der Waals surface area contributed by atoms with Gasteiger partial charge in [0.15, 0.2) is 0 Å². The molecule has 1 fully saturated rings. The quantitative estimate of drug-likeness (QED) is 0.665. The molecule has 134 valence electrons. The van der Waals surface area contributed by atoms with Crippen LogP contribution in [0.4, 0.5) is 17.5 Å². The minimum atomic E-state index is 0.461. The van der Waals surface area contributed by atoms with Crippen molar-refractivity contribution >= 4 is 17.5 Å². The smallest absolute Gasteiger partial charge is 0.229 e. The van der Waals surface area contributed by atoms with E-state index in [1.165, 1.54) is 25.7 Å². The first-order valence-corrected chi connectivity index (χ1v) is 9.29. The van der Waals surface area contributed by atoms with Crippen LogP contribution in [-0.4, -0.2) is 16.0 Å². The van der Waals surface area contributed by atoms with Crippen LogP contribution in [0, 0.1) is 11.3 Å². The minimum Gasteiger partial charge on any atom is -0.367 e. The predicted octanol–water partition coefficient (Wildman–Crippen LogP) is 5.11. The van der Waals surface area contributed by atoms with Crippen molar-refractivity contribution in [3.8, 4) is 17.3 Å². The molecule has 0 spiro atoms. The molecule has 1 aliphatic carbocycles. The third-order valence-electron chi connectivity index (χ3n) is 4.80. The van der Waals surface area contributed by atoms with Crippen LogP contribution < -0.4 is 10.6 Å². The van der Waals surface area contributed by atoms with Crippen molar-refractivity contribution in [1.82, 2.24) is 9.97 Å². The van der Waals surface area contributed by atoms with Gasteiger partial charge in [0.2, 0.25) is 5.95 Å². The van der Waals surface area contributed by atoms with Gasteiger partial charge >= 0.3 is 0 Å². The first kappa shape index (κ1) is 17.0. The van der Waals surface area contributed by atoms with E-state index < -0.39 is 0 Å². The van der Waals surface area contributed by atoms with Crippen LogP contribution in [0.25, 0.3) is 11.3 Å². The maximum Gasteiger partial charge on any atom is 0.229 e. The van der Waals surface area contributed by atoms with Gasteiger partial charge in [-0.25, -0.2) is 4.98 Å². The van der Waals surface area contributed by atoms with E-state index in [1.54, 1.807) is 6.07 Å². The summed E-state index contributed by atoms with van der Waals surface area (Å²) in [6.07, 6.45) is 4.86. The van der Waals surface area contributed by atoms with Gasteiger partial charge in [-0.2, -0.15) is 10.2 Å². The second-order valence-electron chi connectivity index (χ2n) is 6.74. The van der Waals surface area contributed by atoms with Gasteiger partial charge in [0, 0.05) is 17.7 Å². The molecule has 2 aromatic carbocycles. The van der Waals surface area contributed by atoms with E-state index in [2.05, 4.69) is 26.7 Å². The summed E-state index contributed by atoms with van der Waals surface area (Å²) in [7, 11) is 0. The summed E-state index contributed by atoms with van der Waals surface area (Å²) in [5.41, 5.74) is 3.16. The molecule has 0 saturated heterocycles. The van der Waals surface area contributed by atoms with Gasteiger partial charge in [-0.3, -0.25) is 0 Å². The van der Waals surface area contributed by atoms with Crippen molar-refractivity contribution in [2.75, 3.05) is 10.6 Å². The Morgan fingerprint density at radius 3 is 2.44 bits per heavy atom. The molecule has 5 nitrogen and oxygen atoms in total. The molecule has 0 radical (unpaired) electrons. The molecule has 0 aliphatic heterocycles. The number of rotatable bonds is 5. The van der Waals surface area contributed by atoms with Crippen molar-refractivity contribution in [2.24, 2.45) is 0 Å². The molecule has 1 heterocycles. The number of para-hydroxylation sites is 1. The van der Waals surface area contributed by atoms with Gasteiger partial charge in [-0.1, -0.05) is 55.3 Å². The molecule has 1 saturated carbocycles. The molecule has 5 heteroatoms. The summed E-state index contributed by atoms with van der Waals surface area (Å²) < 4.78 is 0. The number of aromatic nitrogens is 2. The van der Waals surface area contributed by atoms with E-state index in [-0.39, 0.29) is 0 Å². The van der Waals surface area contributed by atoms with Crippen LogP contribution in [-0.2, 0) is 0 Å². The molecular formula is C22H21N5. The fourth-order valence-electron chi connectivity index (χ4n) is 3.42. The first-order chi connectivity index (χ1) is 13.3. The zero-order valence-electron chi connectivity index (χ0n) is 15.0. The van der Waals surface area contributed by atoms with E-state index in [0.29, 0.717) is 23.2 Å². The number of nitrogens with one attached hydrogen (secondary N) is 2. The lowest BCUT2D eigenvalue weighted by Gasteiger charge is -2.15. The molecular weight excluding hydrogens is 334 g/mol. The van der Waals surface area contributed by atoms with Crippen molar-refractivity contribution in [3.05, 3.63) is 66.2 Å². The maximum atomic E-state index is 9.33. The average Bonchev–Trinajstić information content (AvgIpc) is 3.22. The van der Waals surface area contributed by atoms with Gasteiger partial charge in [0.05, 0.1) is 16.9 Å². The van der Waals surface area contributed by atoms with Crippen LogP contribution in [0.3, 0.4) is 0 Å². The molecule has 4 rings (SSSR count). The van der Waals surface area contributed by atoms with Crippen LogP contribution >= 0.6 is 0 Å².